The van der Waals surface area contributed by atoms with Crippen molar-refractivity contribution in [2.75, 3.05) is 13.1 Å². The molecule has 0 saturated heterocycles. The average molecular weight is 695 g/mol. The van der Waals surface area contributed by atoms with Crippen LogP contribution in [0.1, 0.15) is 25.0 Å². The molecule has 0 bridgehead atoms. The molecule has 0 aliphatic carbocycles. The van der Waals surface area contributed by atoms with Crippen LogP contribution in [0, 0.1) is 13.8 Å². The van der Waals surface area contributed by atoms with Gasteiger partial charge in [-0.2, -0.15) is 0 Å². The van der Waals surface area contributed by atoms with Gasteiger partial charge in [-0.1, -0.05) is 111 Å². The maximum atomic E-state index is 13.1. The molecule has 0 aromatic heterocycles. The van der Waals surface area contributed by atoms with Crippen LogP contribution in [0.4, 0.5) is 0 Å². The Morgan fingerprint density at radius 2 is 0.848 bits per heavy atom. The Hall–Kier alpha value is -3.19. The molecule has 2 aliphatic rings. The molecule has 0 amide bonds. The molecule has 46 heavy (non-hydrogen) atoms. The summed E-state index contributed by atoms with van der Waals surface area (Å²) in [6.45, 7) is 30.0. The minimum Gasteiger partial charge on any atom is -0.263 e. The van der Waals surface area contributed by atoms with Crippen LogP contribution < -0.4 is 0 Å². The molecule has 0 unspecified atom stereocenters. The van der Waals surface area contributed by atoms with E-state index in [0.717, 1.165) is 44.8 Å². The molecule has 2 aliphatic heterocycles. The molecule has 2 aromatic rings. The Morgan fingerprint density at radius 1 is 0.565 bits per heavy atom. The van der Waals surface area contributed by atoms with Crippen LogP contribution in [0.25, 0.3) is 0 Å². The summed E-state index contributed by atoms with van der Waals surface area (Å²) in [5, 5.41) is 0. The molecule has 10 heteroatoms. The Bertz CT molecular complexity index is 1700. The molecule has 0 N–H and O–H groups in total. The van der Waals surface area contributed by atoms with Gasteiger partial charge in [0.2, 0.25) is 0 Å². The lowest BCUT2D eigenvalue weighted by Gasteiger charge is -2.33. The summed E-state index contributed by atoms with van der Waals surface area (Å²) < 4.78 is 55.3. The fraction of sp³-hybridized carbons (Fsp3) is 0.333. The number of hydrogen-bond donors (Lipinski definition) is 0. The van der Waals surface area contributed by atoms with E-state index in [1.165, 1.54) is 8.61 Å². The van der Waals surface area contributed by atoms with Crippen molar-refractivity contribution >= 4 is 36.2 Å². The molecule has 0 spiro atoms. The summed E-state index contributed by atoms with van der Waals surface area (Å²) in [7, 11) is -10.4. The van der Waals surface area contributed by atoms with E-state index < -0.39 is 36.2 Å². The van der Waals surface area contributed by atoms with Crippen LogP contribution >= 0.6 is 0 Å². The van der Waals surface area contributed by atoms with Crippen molar-refractivity contribution in [3.63, 3.8) is 0 Å². The van der Waals surface area contributed by atoms with Gasteiger partial charge in [-0.25, -0.2) is 16.8 Å². The average Bonchev–Trinajstić information content (AvgIpc) is 2.93. The first-order valence-corrected chi connectivity index (χ1v) is 25.5. The van der Waals surface area contributed by atoms with Gasteiger partial charge in [0, 0.05) is 0 Å². The predicted octanol–water partition coefficient (Wildman–Crippen LogP) is 8.53. The van der Waals surface area contributed by atoms with Gasteiger partial charge in [-0.15, -0.1) is 0 Å². The maximum Gasteiger partial charge on any atom is 0.264 e. The fourth-order valence-electron chi connectivity index (χ4n) is 4.86. The Labute approximate surface area is 280 Å². The number of benzene rings is 2. The summed E-state index contributed by atoms with van der Waals surface area (Å²) >= 11 is 0. The van der Waals surface area contributed by atoms with Gasteiger partial charge in [0.25, 0.3) is 20.0 Å². The molecule has 2 aromatic carbocycles. The summed E-state index contributed by atoms with van der Waals surface area (Å²) in [6, 6.07) is 14.0. The second kappa shape index (κ2) is 13.9. The summed E-state index contributed by atoms with van der Waals surface area (Å²) in [6.07, 6.45) is 3.85. The second-order valence-electron chi connectivity index (χ2n) is 14.2. The molecule has 0 saturated carbocycles. The number of allylic oxidation sites excluding steroid dienone is 2. The Kier molecular flexibility index (Phi) is 11.3. The molecule has 0 radical (unpaired) electrons. The third-order valence-corrected chi connectivity index (χ3v) is 13.5. The van der Waals surface area contributed by atoms with Crippen LogP contribution in [0.2, 0.25) is 39.3 Å². The monoisotopic (exact) mass is 694 g/mol. The first-order chi connectivity index (χ1) is 21.0. The number of aryl methyl sites for hydroxylation is 2. The highest BCUT2D eigenvalue weighted by Gasteiger charge is 2.32. The van der Waals surface area contributed by atoms with Crippen molar-refractivity contribution in [3.8, 4) is 0 Å². The van der Waals surface area contributed by atoms with Crippen LogP contribution in [0.15, 0.2) is 129 Å². The van der Waals surface area contributed by atoms with Gasteiger partial charge in [-0.3, -0.25) is 8.61 Å². The van der Waals surface area contributed by atoms with Gasteiger partial charge in [0.15, 0.2) is 0 Å². The van der Waals surface area contributed by atoms with Crippen LogP contribution in [0.5, 0.6) is 0 Å². The largest absolute Gasteiger partial charge is 0.264 e. The lowest BCUT2D eigenvalue weighted by atomic mass is 10.0. The van der Waals surface area contributed by atoms with Crippen LogP contribution in [0.3, 0.4) is 0 Å². The van der Waals surface area contributed by atoms with Crippen LogP contribution in [-0.4, -0.2) is 54.7 Å². The number of hydrogen-bond acceptors (Lipinski definition) is 4. The molecular formula is C36H50N2O4S2Si2. The van der Waals surface area contributed by atoms with Crippen LogP contribution in [-0.2, 0) is 20.0 Å². The van der Waals surface area contributed by atoms with Gasteiger partial charge >= 0.3 is 0 Å². The van der Waals surface area contributed by atoms with E-state index in [9.17, 15) is 16.8 Å². The molecule has 2 heterocycles. The van der Waals surface area contributed by atoms with Crippen molar-refractivity contribution in [3.05, 3.63) is 130 Å². The second-order valence-corrected chi connectivity index (χ2v) is 28.0. The predicted molar refractivity (Wildman–Crippen MR) is 199 cm³/mol. The minimum atomic E-state index is -3.57. The smallest absolute Gasteiger partial charge is 0.263 e. The first-order valence-electron chi connectivity index (χ1n) is 15.4. The zero-order valence-electron chi connectivity index (χ0n) is 29.1. The quantitative estimate of drug-likeness (QED) is 0.284. The van der Waals surface area contributed by atoms with Crippen molar-refractivity contribution in [2.24, 2.45) is 0 Å². The fourth-order valence-corrected chi connectivity index (χ4v) is 10.2. The normalized spacial score (nSPS) is 18.3. The SMILES string of the molecule is C=C1C(C)=CCN(S(=O)(=O)c2ccc(C)cc2)/C1=C\[Si](C)(C)C.C=C1C(C)=CCN(S(=O)(=O)c2ccc(C)cc2)/C1=C\[Si](C)(C)C. The van der Waals surface area contributed by atoms with E-state index in [1.807, 2.05) is 64.1 Å². The number of rotatable bonds is 6. The van der Waals surface area contributed by atoms with Gasteiger partial charge in [0.1, 0.15) is 0 Å². The highest BCUT2D eigenvalue weighted by molar-refractivity contribution is 7.89. The summed E-state index contributed by atoms with van der Waals surface area (Å²) in [5.74, 6) is 0. The molecule has 0 atom stereocenters. The number of sulfonamides is 2. The Balaban J connectivity index is 0.000000250. The molecule has 0 fully saturated rings. The zero-order valence-corrected chi connectivity index (χ0v) is 32.7. The van der Waals surface area contributed by atoms with Gasteiger partial charge in [-0.05, 0) is 74.3 Å². The Morgan fingerprint density at radius 3 is 1.11 bits per heavy atom. The number of nitrogens with zero attached hydrogens (tertiary/aromatic N) is 2. The zero-order chi connectivity index (χ0) is 34.8. The summed E-state index contributed by atoms with van der Waals surface area (Å²) in [5.41, 5.74) is 11.5. The van der Waals surface area contributed by atoms with E-state index in [4.69, 9.17) is 0 Å². The lowest BCUT2D eigenvalue weighted by molar-refractivity contribution is 0.501. The van der Waals surface area contributed by atoms with Gasteiger partial charge < -0.3 is 0 Å². The lowest BCUT2D eigenvalue weighted by Crippen LogP contribution is -2.36. The van der Waals surface area contributed by atoms with Crippen molar-refractivity contribution in [2.45, 2.75) is 76.8 Å². The van der Waals surface area contributed by atoms with E-state index in [2.05, 4.69) is 63.8 Å². The summed E-state index contributed by atoms with van der Waals surface area (Å²) in [4.78, 5) is 0.649. The molecule has 248 valence electrons. The molecular weight excluding hydrogens is 645 g/mol. The third kappa shape index (κ3) is 8.99. The van der Waals surface area contributed by atoms with E-state index in [0.29, 0.717) is 22.9 Å². The third-order valence-electron chi connectivity index (χ3n) is 7.59. The van der Waals surface area contributed by atoms with Gasteiger partial charge in [0.05, 0.1) is 50.4 Å². The van der Waals surface area contributed by atoms with E-state index >= 15 is 0 Å². The van der Waals surface area contributed by atoms with E-state index in [1.54, 1.807) is 24.3 Å². The first kappa shape index (κ1) is 37.3. The highest BCUT2D eigenvalue weighted by atomic mass is 32.2. The van der Waals surface area contributed by atoms with Crippen molar-refractivity contribution < 1.29 is 16.8 Å². The minimum absolute atomic E-state index is 0.324. The maximum absolute atomic E-state index is 13.1. The standard InChI is InChI=1S/2C18H25NO2SSi/c2*1-14-7-9-17(10-8-14)22(20,21)19-12-11-15(2)16(3)18(19)13-23(4,5)6/h2*7-11,13H,3,12H2,1-2,4-6H3/b2*18-13-. The molecule has 6 nitrogen and oxygen atoms in total. The topological polar surface area (TPSA) is 74.8 Å². The van der Waals surface area contributed by atoms with Crippen molar-refractivity contribution in [1.29, 1.82) is 0 Å². The van der Waals surface area contributed by atoms with Crippen molar-refractivity contribution in [1.82, 2.24) is 8.61 Å². The molecule has 4 rings (SSSR count). The highest BCUT2D eigenvalue weighted by Crippen LogP contribution is 2.34. The van der Waals surface area contributed by atoms with E-state index in [-0.39, 0.29) is 0 Å².